The van der Waals surface area contributed by atoms with E-state index in [2.05, 4.69) is 25.5 Å². The monoisotopic (exact) mass is 418 g/mol. The van der Waals surface area contributed by atoms with Gasteiger partial charge in [-0.1, -0.05) is 41.7 Å². The van der Waals surface area contributed by atoms with Crippen molar-refractivity contribution in [3.63, 3.8) is 0 Å². The van der Waals surface area contributed by atoms with Crippen LogP contribution in [0.5, 0.6) is 0 Å². The van der Waals surface area contributed by atoms with Crippen LogP contribution < -0.4 is 16.0 Å². The molecule has 1 atom stereocenters. The standard InChI is InChI=1S/C19H26N6O3S/c1-4-10-25(16(27)11-21-18(28)13(2)20-3)12-15(26)22-19-17(23-24-29-19)14-8-6-5-7-9-14/h5-9,13,20H,4,10-12H2,1-3H3,(H,21,28)(H,22,26)/t13-/m0/s1. The first-order valence-corrected chi connectivity index (χ1v) is 10.1. The first kappa shape index (κ1) is 22.4. The summed E-state index contributed by atoms with van der Waals surface area (Å²) in [4.78, 5) is 38.2. The van der Waals surface area contributed by atoms with Crippen LogP contribution in [0.4, 0.5) is 5.00 Å². The Morgan fingerprint density at radius 1 is 1.21 bits per heavy atom. The first-order chi connectivity index (χ1) is 14.0. The number of hydrogen-bond donors (Lipinski definition) is 3. The average Bonchev–Trinajstić information content (AvgIpc) is 3.19. The van der Waals surface area contributed by atoms with Gasteiger partial charge >= 0.3 is 0 Å². The molecule has 0 radical (unpaired) electrons. The van der Waals surface area contributed by atoms with Crippen molar-refractivity contribution in [2.24, 2.45) is 0 Å². The van der Waals surface area contributed by atoms with Crippen LogP contribution in [0.15, 0.2) is 30.3 Å². The van der Waals surface area contributed by atoms with Crippen LogP contribution in [-0.2, 0) is 14.4 Å². The maximum Gasteiger partial charge on any atom is 0.244 e. The number of benzene rings is 1. The molecule has 3 N–H and O–H groups in total. The molecule has 0 aliphatic carbocycles. The number of rotatable bonds is 10. The molecule has 0 saturated carbocycles. The second-order valence-electron chi connectivity index (χ2n) is 6.41. The molecule has 0 bridgehead atoms. The molecule has 1 aromatic heterocycles. The average molecular weight is 419 g/mol. The molecule has 1 heterocycles. The SMILES string of the molecule is CCCN(CC(=O)Nc1snnc1-c1ccccc1)C(=O)CNC(=O)[C@H](C)NC. The number of likely N-dealkylation sites (N-methyl/N-ethyl adjacent to an activating group) is 1. The van der Waals surface area contributed by atoms with Crippen molar-refractivity contribution in [3.05, 3.63) is 30.3 Å². The fourth-order valence-electron chi connectivity index (χ4n) is 2.52. The molecular weight excluding hydrogens is 392 g/mol. The van der Waals surface area contributed by atoms with Crippen molar-refractivity contribution in [2.45, 2.75) is 26.3 Å². The molecule has 29 heavy (non-hydrogen) atoms. The summed E-state index contributed by atoms with van der Waals surface area (Å²) >= 11 is 1.08. The highest BCUT2D eigenvalue weighted by Crippen LogP contribution is 2.28. The highest BCUT2D eigenvalue weighted by Gasteiger charge is 2.20. The topological polar surface area (TPSA) is 116 Å². The maximum atomic E-state index is 12.5. The molecular formula is C19H26N6O3S. The van der Waals surface area contributed by atoms with E-state index < -0.39 is 6.04 Å². The van der Waals surface area contributed by atoms with Gasteiger partial charge in [-0.25, -0.2) is 0 Å². The van der Waals surface area contributed by atoms with E-state index >= 15 is 0 Å². The number of amides is 3. The predicted octanol–water partition coefficient (Wildman–Crippen LogP) is 1.11. The number of nitrogens with zero attached hydrogens (tertiary/aromatic N) is 3. The molecule has 3 amide bonds. The minimum atomic E-state index is -0.402. The summed E-state index contributed by atoms with van der Waals surface area (Å²) in [7, 11) is 1.66. The lowest BCUT2D eigenvalue weighted by atomic mass is 10.2. The smallest absolute Gasteiger partial charge is 0.244 e. The molecule has 0 fully saturated rings. The zero-order chi connectivity index (χ0) is 21.2. The predicted molar refractivity (Wildman–Crippen MR) is 112 cm³/mol. The van der Waals surface area contributed by atoms with Crippen molar-refractivity contribution >= 4 is 34.3 Å². The van der Waals surface area contributed by atoms with E-state index in [1.54, 1.807) is 14.0 Å². The van der Waals surface area contributed by atoms with Crippen LogP contribution >= 0.6 is 11.5 Å². The third-order valence-corrected chi connectivity index (χ3v) is 4.85. The minimum absolute atomic E-state index is 0.115. The number of carbonyl (C=O) groups is 3. The molecule has 0 aliphatic heterocycles. The van der Waals surface area contributed by atoms with E-state index in [4.69, 9.17) is 0 Å². The van der Waals surface area contributed by atoms with Gasteiger partial charge in [0, 0.05) is 23.6 Å². The Hall–Kier alpha value is -2.85. The third kappa shape index (κ3) is 6.61. The largest absolute Gasteiger partial charge is 0.346 e. The molecule has 0 saturated heterocycles. The Labute approximate surface area is 174 Å². The van der Waals surface area contributed by atoms with Gasteiger partial charge in [-0.05, 0) is 20.4 Å². The summed E-state index contributed by atoms with van der Waals surface area (Å²) in [5.74, 6) is -0.931. The van der Waals surface area contributed by atoms with E-state index in [1.165, 1.54) is 4.90 Å². The number of hydrogen-bond acceptors (Lipinski definition) is 7. The molecule has 2 rings (SSSR count). The van der Waals surface area contributed by atoms with Crippen LogP contribution in [0.25, 0.3) is 11.3 Å². The Morgan fingerprint density at radius 3 is 2.59 bits per heavy atom. The van der Waals surface area contributed by atoms with Gasteiger partial charge in [0.1, 0.15) is 10.7 Å². The lowest BCUT2D eigenvalue weighted by molar-refractivity contribution is -0.135. The van der Waals surface area contributed by atoms with Gasteiger partial charge in [0.15, 0.2) is 0 Å². The van der Waals surface area contributed by atoms with Crippen LogP contribution in [0, 0.1) is 0 Å². The second-order valence-corrected chi connectivity index (χ2v) is 7.16. The third-order valence-electron chi connectivity index (χ3n) is 4.21. The molecule has 10 heteroatoms. The molecule has 0 unspecified atom stereocenters. The van der Waals surface area contributed by atoms with Gasteiger partial charge in [0.25, 0.3) is 0 Å². The number of aromatic nitrogens is 2. The van der Waals surface area contributed by atoms with Crippen molar-refractivity contribution in [3.8, 4) is 11.3 Å². The number of anilines is 1. The zero-order valence-electron chi connectivity index (χ0n) is 16.8. The van der Waals surface area contributed by atoms with Crippen molar-refractivity contribution in [1.29, 1.82) is 0 Å². The molecule has 2 aromatic rings. The lowest BCUT2D eigenvalue weighted by Crippen LogP contribution is -2.47. The maximum absolute atomic E-state index is 12.5. The Balaban J connectivity index is 1.97. The van der Waals surface area contributed by atoms with Crippen molar-refractivity contribution in [1.82, 2.24) is 25.1 Å². The van der Waals surface area contributed by atoms with Crippen molar-refractivity contribution < 1.29 is 14.4 Å². The summed E-state index contributed by atoms with van der Waals surface area (Å²) in [6.07, 6.45) is 0.692. The molecule has 1 aromatic carbocycles. The first-order valence-electron chi connectivity index (χ1n) is 9.36. The summed E-state index contributed by atoms with van der Waals surface area (Å²) in [6, 6.07) is 9.02. The summed E-state index contributed by atoms with van der Waals surface area (Å²) < 4.78 is 3.92. The quantitative estimate of drug-likeness (QED) is 0.532. The second kappa shape index (κ2) is 11.2. The number of nitrogens with one attached hydrogen (secondary N) is 3. The van der Waals surface area contributed by atoms with Gasteiger partial charge in [0.2, 0.25) is 17.7 Å². The lowest BCUT2D eigenvalue weighted by Gasteiger charge is -2.22. The number of carbonyl (C=O) groups excluding carboxylic acids is 3. The van der Waals surface area contributed by atoms with Gasteiger partial charge in [-0.15, -0.1) is 5.10 Å². The summed E-state index contributed by atoms with van der Waals surface area (Å²) in [6.45, 7) is 3.76. The highest BCUT2D eigenvalue weighted by molar-refractivity contribution is 7.10. The van der Waals surface area contributed by atoms with Gasteiger partial charge in [-0.2, -0.15) is 0 Å². The van der Waals surface area contributed by atoms with E-state index in [9.17, 15) is 14.4 Å². The zero-order valence-corrected chi connectivity index (χ0v) is 17.6. The molecule has 0 aliphatic rings. The molecule has 0 spiro atoms. The molecule has 156 valence electrons. The van der Waals surface area contributed by atoms with Gasteiger partial charge < -0.3 is 20.9 Å². The van der Waals surface area contributed by atoms with Crippen LogP contribution in [0.1, 0.15) is 20.3 Å². The van der Waals surface area contributed by atoms with Crippen LogP contribution in [0.3, 0.4) is 0 Å². The van der Waals surface area contributed by atoms with Gasteiger partial charge in [-0.3, -0.25) is 14.4 Å². The molecule has 9 nitrogen and oxygen atoms in total. The Morgan fingerprint density at radius 2 is 1.93 bits per heavy atom. The van der Waals surface area contributed by atoms with Gasteiger partial charge in [0.05, 0.1) is 19.1 Å². The normalized spacial score (nSPS) is 11.6. The fourth-order valence-corrected chi connectivity index (χ4v) is 3.13. The van der Waals surface area contributed by atoms with E-state index in [-0.39, 0.29) is 30.8 Å². The summed E-state index contributed by atoms with van der Waals surface area (Å²) in [5, 5.41) is 12.8. The van der Waals surface area contributed by atoms with E-state index in [1.807, 2.05) is 37.3 Å². The Bertz CT molecular complexity index is 826. The highest BCUT2D eigenvalue weighted by atomic mass is 32.1. The Kier molecular flexibility index (Phi) is 8.68. The van der Waals surface area contributed by atoms with E-state index in [0.29, 0.717) is 23.7 Å². The van der Waals surface area contributed by atoms with Crippen molar-refractivity contribution in [2.75, 3.05) is 32.0 Å². The minimum Gasteiger partial charge on any atom is -0.346 e. The van der Waals surface area contributed by atoms with E-state index in [0.717, 1.165) is 17.1 Å². The fraction of sp³-hybridized carbons (Fsp3) is 0.421. The summed E-state index contributed by atoms with van der Waals surface area (Å²) in [5.41, 5.74) is 1.44. The van der Waals surface area contributed by atoms with Crippen LogP contribution in [0.2, 0.25) is 0 Å². The van der Waals surface area contributed by atoms with Crippen LogP contribution in [-0.4, -0.2) is 64.9 Å².